The maximum absolute atomic E-state index is 11.0. The Bertz CT molecular complexity index is 164. The van der Waals surface area contributed by atoms with Gasteiger partial charge >= 0.3 is 12.1 Å². The van der Waals surface area contributed by atoms with E-state index < -0.39 is 12.1 Å². The van der Waals surface area contributed by atoms with Crippen LogP contribution in [0.5, 0.6) is 0 Å². The van der Waals surface area contributed by atoms with Crippen LogP contribution in [0.25, 0.3) is 0 Å². The van der Waals surface area contributed by atoms with Gasteiger partial charge < -0.3 is 9.84 Å². The molecule has 70 valence electrons. The van der Waals surface area contributed by atoms with E-state index in [2.05, 4.69) is 4.74 Å². The quantitative estimate of drug-likeness (QED) is 0.523. The standard InChI is InChI=1S/C8H14O4/c1-3-5-6(4-2)7(9)12-8(10)11/h6H,3-5H2,1-2H3,(H,10,11). The molecule has 0 radical (unpaired) electrons. The van der Waals surface area contributed by atoms with E-state index in [0.717, 1.165) is 6.42 Å². The van der Waals surface area contributed by atoms with Gasteiger partial charge in [0.05, 0.1) is 5.92 Å². The third kappa shape index (κ3) is 3.95. The second-order valence-corrected chi connectivity index (χ2v) is 2.58. The van der Waals surface area contributed by atoms with Crippen molar-refractivity contribution in [2.45, 2.75) is 33.1 Å². The number of ether oxygens (including phenoxy) is 1. The first-order valence-electron chi connectivity index (χ1n) is 4.06. The first kappa shape index (κ1) is 10.9. The number of carboxylic acid groups (broad SMARTS) is 1. The first-order chi connectivity index (χ1) is 5.61. The lowest BCUT2D eigenvalue weighted by atomic mass is 10.0. The third-order valence-electron chi connectivity index (χ3n) is 1.65. The van der Waals surface area contributed by atoms with Crippen molar-refractivity contribution in [2.24, 2.45) is 5.92 Å². The zero-order valence-electron chi connectivity index (χ0n) is 7.37. The summed E-state index contributed by atoms with van der Waals surface area (Å²) < 4.78 is 4.03. The largest absolute Gasteiger partial charge is 0.513 e. The number of esters is 1. The Morgan fingerprint density at radius 1 is 1.42 bits per heavy atom. The fourth-order valence-electron chi connectivity index (χ4n) is 1.01. The molecule has 0 saturated carbocycles. The summed E-state index contributed by atoms with van der Waals surface area (Å²) in [6.07, 6.45) is 0.644. The minimum atomic E-state index is -1.52. The number of carbonyl (C=O) groups is 2. The van der Waals surface area contributed by atoms with Crippen molar-refractivity contribution in [3.63, 3.8) is 0 Å². The topological polar surface area (TPSA) is 63.6 Å². The molecule has 0 saturated heterocycles. The summed E-state index contributed by atoms with van der Waals surface area (Å²) in [6, 6.07) is 0. The van der Waals surface area contributed by atoms with Gasteiger partial charge in [-0.05, 0) is 12.8 Å². The minimum Gasteiger partial charge on any atom is -0.449 e. The second kappa shape index (κ2) is 5.57. The van der Waals surface area contributed by atoms with E-state index in [1.54, 1.807) is 0 Å². The second-order valence-electron chi connectivity index (χ2n) is 2.58. The van der Waals surface area contributed by atoms with Crippen LogP contribution in [0.4, 0.5) is 4.79 Å². The van der Waals surface area contributed by atoms with Gasteiger partial charge in [-0.3, -0.25) is 4.79 Å². The van der Waals surface area contributed by atoms with E-state index in [1.165, 1.54) is 0 Å². The molecule has 0 aromatic rings. The highest BCUT2D eigenvalue weighted by Gasteiger charge is 2.19. The van der Waals surface area contributed by atoms with Gasteiger partial charge in [0.2, 0.25) is 0 Å². The Hall–Kier alpha value is -1.06. The van der Waals surface area contributed by atoms with Crippen LogP contribution >= 0.6 is 0 Å². The predicted octanol–water partition coefficient (Wildman–Crippen LogP) is 2.03. The summed E-state index contributed by atoms with van der Waals surface area (Å²) in [5.74, 6) is -0.905. The van der Waals surface area contributed by atoms with Crippen LogP contribution in [0.3, 0.4) is 0 Å². The van der Waals surface area contributed by atoms with E-state index in [9.17, 15) is 9.59 Å². The zero-order chi connectivity index (χ0) is 9.56. The van der Waals surface area contributed by atoms with E-state index in [-0.39, 0.29) is 5.92 Å². The molecule has 0 amide bonds. The van der Waals surface area contributed by atoms with Crippen molar-refractivity contribution in [3.8, 4) is 0 Å². The maximum atomic E-state index is 11.0. The number of hydrogen-bond donors (Lipinski definition) is 1. The van der Waals surface area contributed by atoms with Gasteiger partial charge in [0.15, 0.2) is 0 Å². The van der Waals surface area contributed by atoms with Crippen LogP contribution < -0.4 is 0 Å². The van der Waals surface area contributed by atoms with E-state index in [4.69, 9.17) is 5.11 Å². The molecular formula is C8H14O4. The summed E-state index contributed by atoms with van der Waals surface area (Å²) in [5, 5.41) is 8.15. The van der Waals surface area contributed by atoms with Gasteiger partial charge in [0.25, 0.3) is 0 Å². The SMILES string of the molecule is CCCC(CC)C(=O)OC(=O)O. The normalized spacial score (nSPS) is 12.2. The molecule has 0 heterocycles. The average Bonchev–Trinajstić information content (AvgIpc) is 1.98. The van der Waals surface area contributed by atoms with Crippen LogP contribution in [-0.2, 0) is 9.53 Å². The molecule has 1 unspecified atom stereocenters. The molecule has 4 nitrogen and oxygen atoms in total. The molecule has 0 fully saturated rings. The van der Waals surface area contributed by atoms with Crippen molar-refractivity contribution in [1.29, 1.82) is 0 Å². The van der Waals surface area contributed by atoms with Crippen molar-refractivity contribution in [1.82, 2.24) is 0 Å². The van der Waals surface area contributed by atoms with Crippen LogP contribution in [-0.4, -0.2) is 17.2 Å². The molecule has 0 aromatic carbocycles. The lowest BCUT2D eigenvalue weighted by molar-refractivity contribution is -0.144. The van der Waals surface area contributed by atoms with Crippen LogP contribution in [0, 0.1) is 5.92 Å². The first-order valence-corrected chi connectivity index (χ1v) is 4.06. The number of rotatable bonds is 4. The molecule has 0 aliphatic carbocycles. The Labute approximate surface area is 71.5 Å². The molecule has 0 spiro atoms. The zero-order valence-corrected chi connectivity index (χ0v) is 7.37. The molecule has 0 rings (SSSR count). The summed E-state index contributed by atoms with van der Waals surface area (Å²) >= 11 is 0. The molecule has 12 heavy (non-hydrogen) atoms. The summed E-state index contributed by atoms with van der Waals surface area (Å²) in [5.41, 5.74) is 0. The summed E-state index contributed by atoms with van der Waals surface area (Å²) in [4.78, 5) is 21.0. The van der Waals surface area contributed by atoms with Crippen LogP contribution in [0.15, 0.2) is 0 Å². The van der Waals surface area contributed by atoms with Gasteiger partial charge in [-0.15, -0.1) is 0 Å². The molecule has 1 N–H and O–H groups in total. The molecule has 0 bridgehead atoms. The fraction of sp³-hybridized carbons (Fsp3) is 0.750. The predicted molar refractivity (Wildman–Crippen MR) is 42.8 cm³/mol. The summed E-state index contributed by atoms with van der Waals surface area (Å²) in [6.45, 7) is 3.78. The highest BCUT2D eigenvalue weighted by atomic mass is 16.7. The maximum Gasteiger partial charge on any atom is 0.513 e. The average molecular weight is 174 g/mol. The third-order valence-corrected chi connectivity index (χ3v) is 1.65. The van der Waals surface area contributed by atoms with E-state index in [1.807, 2.05) is 13.8 Å². The van der Waals surface area contributed by atoms with Gasteiger partial charge in [0, 0.05) is 0 Å². The van der Waals surface area contributed by atoms with E-state index >= 15 is 0 Å². The summed E-state index contributed by atoms with van der Waals surface area (Å²) in [7, 11) is 0. The van der Waals surface area contributed by atoms with Crippen molar-refractivity contribution in [3.05, 3.63) is 0 Å². The minimum absolute atomic E-state index is 0.272. The van der Waals surface area contributed by atoms with Crippen molar-refractivity contribution >= 4 is 12.1 Å². The van der Waals surface area contributed by atoms with Crippen LogP contribution in [0.1, 0.15) is 33.1 Å². The van der Waals surface area contributed by atoms with Gasteiger partial charge in [-0.1, -0.05) is 20.3 Å². The van der Waals surface area contributed by atoms with Gasteiger partial charge in [-0.25, -0.2) is 4.79 Å². The fourth-order valence-corrected chi connectivity index (χ4v) is 1.01. The van der Waals surface area contributed by atoms with Crippen molar-refractivity contribution in [2.75, 3.05) is 0 Å². The molecule has 0 aliphatic rings. The highest BCUT2D eigenvalue weighted by Crippen LogP contribution is 2.12. The van der Waals surface area contributed by atoms with E-state index in [0.29, 0.717) is 12.8 Å². The molecule has 4 heteroatoms. The molecule has 0 aromatic heterocycles. The molecule has 0 aliphatic heterocycles. The number of carbonyl (C=O) groups excluding carboxylic acids is 1. The van der Waals surface area contributed by atoms with Crippen LogP contribution in [0.2, 0.25) is 0 Å². The van der Waals surface area contributed by atoms with Gasteiger partial charge in [-0.2, -0.15) is 0 Å². The lowest BCUT2D eigenvalue weighted by Gasteiger charge is -2.09. The Morgan fingerprint density at radius 3 is 2.33 bits per heavy atom. The molecular weight excluding hydrogens is 160 g/mol. The van der Waals surface area contributed by atoms with Gasteiger partial charge in [0.1, 0.15) is 0 Å². The smallest absolute Gasteiger partial charge is 0.449 e. The van der Waals surface area contributed by atoms with Crippen molar-refractivity contribution < 1.29 is 19.4 Å². The Kier molecular flexibility index (Phi) is 5.08. The number of hydrogen-bond acceptors (Lipinski definition) is 3. The Morgan fingerprint density at radius 2 is 2.00 bits per heavy atom. The lowest BCUT2D eigenvalue weighted by Crippen LogP contribution is -2.19. The molecule has 1 atom stereocenters. The monoisotopic (exact) mass is 174 g/mol. The highest BCUT2D eigenvalue weighted by molar-refractivity contribution is 5.82. The Balaban J connectivity index is 3.93.